The second-order valence-electron chi connectivity index (χ2n) is 8.76. The highest BCUT2D eigenvalue weighted by Crippen LogP contribution is 2.55. The number of aromatic nitrogens is 3. The number of fused-ring (bicyclic) bond motifs is 1. The van der Waals surface area contributed by atoms with E-state index in [1.54, 1.807) is 35.2 Å². The van der Waals surface area contributed by atoms with E-state index in [9.17, 15) is 27.2 Å². The summed E-state index contributed by atoms with van der Waals surface area (Å²) in [4.78, 5) is 29.3. The number of halogens is 4. The van der Waals surface area contributed by atoms with Gasteiger partial charge in [0.1, 0.15) is 18.1 Å². The Bertz CT molecular complexity index is 1480. The summed E-state index contributed by atoms with van der Waals surface area (Å²) in [6, 6.07) is 13.6. The van der Waals surface area contributed by atoms with Crippen LogP contribution in [0.2, 0.25) is 0 Å². The summed E-state index contributed by atoms with van der Waals surface area (Å²) >= 11 is 0. The van der Waals surface area contributed by atoms with Gasteiger partial charge in [0.2, 0.25) is 0 Å². The molecule has 11 heteroatoms. The maximum atomic E-state index is 14.9. The maximum Gasteiger partial charge on any atom is 0.416 e. The van der Waals surface area contributed by atoms with Crippen LogP contribution < -0.4 is 15.8 Å². The van der Waals surface area contributed by atoms with Crippen molar-refractivity contribution in [2.45, 2.75) is 12.6 Å². The van der Waals surface area contributed by atoms with Crippen molar-refractivity contribution in [1.82, 2.24) is 15.2 Å². The number of rotatable bonds is 4. The molecule has 1 fully saturated rings. The van der Waals surface area contributed by atoms with Crippen molar-refractivity contribution in [3.63, 3.8) is 0 Å². The molecular weight excluding hydrogens is 495 g/mol. The quantitative estimate of drug-likeness (QED) is 0.314. The van der Waals surface area contributed by atoms with Gasteiger partial charge in [-0.1, -0.05) is 24.3 Å². The van der Waals surface area contributed by atoms with Crippen LogP contribution in [0, 0.1) is 5.82 Å². The van der Waals surface area contributed by atoms with Gasteiger partial charge >= 0.3 is 6.18 Å². The molecule has 1 saturated heterocycles. The molecule has 0 amide bonds. The topological polar surface area (TPSA) is 82.1 Å². The second-order valence-corrected chi connectivity index (χ2v) is 12.0. The van der Waals surface area contributed by atoms with Gasteiger partial charge in [-0.2, -0.15) is 18.3 Å². The molecule has 0 saturated carbocycles. The van der Waals surface area contributed by atoms with E-state index in [0.717, 1.165) is 23.9 Å². The maximum absolute atomic E-state index is 14.9. The fourth-order valence-corrected chi connectivity index (χ4v) is 7.25. The number of nitrogens with one attached hydrogen (secondary N) is 1. The Morgan fingerprint density at radius 2 is 1.75 bits per heavy atom. The van der Waals surface area contributed by atoms with Gasteiger partial charge in [-0.05, 0) is 35.9 Å². The summed E-state index contributed by atoms with van der Waals surface area (Å²) in [5.41, 5.74) is 0.270. The zero-order valence-electron chi connectivity index (χ0n) is 19.0. The van der Waals surface area contributed by atoms with Crippen LogP contribution in [0.25, 0.3) is 10.8 Å². The summed E-state index contributed by atoms with van der Waals surface area (Å²) in [6.45, 7) is 0.517. The number of nitrogens with zero attached hydrogens (tertiary/aromatic N) is 3. The molecule has 2 aromatic heterocycles. The highest BCUT2D eigenvalue weighted by atomic mass is 31.2. The number of benzene rings is 2. The Labute approximate surface area is 204 Å². The Morgan fingerprint density at radius 1 is 1.03 bits per heavy atom. The normalized spacial score (nSPS) is 15.9. The second kappa shape index (κ2) is 9.26. The Morgan fingerprint density at radius 3 is 2.47 bits per heavy atom. The molecule has 5 rings (SSSR count). The number of hydrogen-bond donors (Lipinski definition) is 2. The number of anilines is 1. The van der Waals surface area contributed by atoms with Gasteiger partial charge in [-0.15, -0.1) is 0 Å². The molecule has 0 atom stereocenters. The predicted octanol–water partition coefficient (Wildman–Crippen LogP) is 4.14. The third-order valence-corrected chi connectivity index (χ3v) is 9.60. The van der Waals surface area contributed by atoms with Crippen molar-refractivity contribution in [2.75, 3.05) is 30.3 Å². The van der Waals surface area contributed by atoms with Gasteiger partial charge in [0.15, 0.2) is 18.6 Å². The van der Waals surface area contributed by atoms with Crippen LogP contribution in [-0.4, -0.2) is 45.5 Å². The summed E-state index contributed by atoms with van der Waals surface area (Å²) < 4.78 is 54.1. The minimum absolute atomic E-state index is 0.182. The van der Waals surface area contributed by atoms with Crippen molar-refractivity contribution in [1.29, 1.82) is 0 Å². The van der Waals surface area contributed by atoms with Crippen molar-refractivity contribution in [3.8, 4) is 0 Å². The fourth-order valence-electron chi connectivity index (χ4n) is 4.52. The molecule has 6 nitrogen and oxygen atoms in total. The number of H-pyrrole nitrogens is 1. The monoisotopic (exact) mass is 517 g/mol. The number of alkyl halides is 3. The molecule has 0 aliphatic carbocycles. The molecule has 36 heavy (non-hydrogen) atoms. The number of pyridine rings is 1. The molecule has 2 N–H and O–H groups in total. The Balaban J connectivity index is 1.38. The lowest BCUT2D eigenvalue weighted by Crippen LogP contribution is -2.40. The van der Waals surface area contributed by atoms with Gasteiger partial charge in [-0.3, -0.25) is 4.79 Å². The van der Waals surface area contributed by atoms with Crippen molar-refractivity contribution < 1.29 is 22.5 Å². The highest BCUT2D eigenvalue weighted by molar-refractivity contribution is 7.77. The SMILES string of the molecule is O=c1[nH]nc(Cc2ccc(F)c([P+]3(O)CCN(c4cc(C(F)(F)F)ccn4)CC3)c2)c2ccccc12. The van der Waals surface area contributed by atoms with E-state index < -0.39 is 25.0 Å². The average molecular weight is 517 g/mol. The molecule has 0 radical (unpaired) electrons. The van der Waals surface area contributed by atoms with Crippen LogP contribution in [0.15, 0.2) is 65.6 Å². The van der Waals surface area contributed by atoms with Gasteiger partial charge in [-0.25, -0.2) is 19.4 Å². The first kappa shape index (κ1) is 24.3. The van der Waals surface area contributed by atoms with E-state index in [-0.39, 0.29) is 42.1 Å². The highest BCUT2D eigenvalue weighted by Gasteiger charge is 2.45. The van der Waals surface area contributed by atoms with E-state index in [1.807, 2.05) is 6.07 Å². The molecule has 3 heterocycles. The van der Waals surface area contributed by atoms with Crippen LogP contribution in [0.1, 0.15) is 16.8 Å². The lowest BCUT2D eigenvalue weighted by atomic mass is 10.0. The molecule has 4 aromatic rings. The van der Waals surface area contributed by atoms with Crippen LogP contribution in [0.3, 0.4) is 0 Å². The predicted molar refractivity (Wildman–Crippen MR) is 132 cm³/mol. The standard InChI is InChI=1S/C25H21F4N4O2P/c26-20-6-5-16(13-21-18-3-1-2-4-19(18)24(34)32-31-21)14-22(20)36(35)11-9-33(10-12-36)23-15-17(7-8-30-23)25(27,28)29/h1-8,14-15,35H,9-13H2/p+1. The molecule has 0 unspecified atom stereocenters. The molecule has 0 spiro atoms. The lowest BCUT2D eigenvalue weighted by Gasteiger charge is -2.33. The van der Waals surface area contributed by atoms with Crippen molar-refractivity contribution in [3.05, 3.63) is 93.8 Å². The van der Waals surface area contributed by atoms with Crippen molar-refractivity contribution >= 4 is 29.4 Å². The van der Waals surface area contributed by atoms with Gasteiger partial charge in [0, 0.05) is 18.0 Å². The van der Waals surface area contributed by atoms with Crippen LogP contribution in [-0.2, 0) is 12.6 Å². The largest absolute Gasteiger partial charge is 0.416 e. The smallest absolute Gasteiger partial charge is 0.349 e. The average Bonchev–Trinajstić information content (AvgIpc) is 2.87. The van der Waals surface area contributed by atoms with E-state index in [2.05, 4.69) is 15.2 Å². The van der Waals surface area contributed by atoms with Gasteiger partial charge < -0.3 is 4.90 Å². The van der Waals surface area contributed by atoms with Gasteiger partial charge in [0.05, 0.1) is 29.7 Å². The van der Waals surface area contributed by atoms with Crippen LogP contribution in [0.4, 0.5) is 23.4 Å². The molecule has 1 aliphatic heterocycles. The zero-order chi connectivity index (χ0) is 25.5. The van der Waals surface area contributed by atoms with E-state index in [0.29, 0.717) is 22.9 Å². The summed E-state index contributed by atoms with van der Waals surface area (Å²) in [5, 5.41) is 8.11. The molecule has 0 bridgehead atoms. The first-order valence-corrected chi connectivity index (χ1v) is 13.4. The lowest BCUT2D eigenvalue weighted by molar-refractivity contribution is -0.137. The molecule has 186 valence electrons. The van der Waals surface area contributed by atoms with Crippen LogP contribution >= 0.6 is 7.49 Å². The molecular formula is C25H22F4N4O2P+. The zero-order valence-corrected chi connectivity index (χ0v) is 19.9. The van der Waals surface area contributed by atoms with E-state index in [4.69, 9.17) is 0 Å². The number of aromatic amines is 1. The fraction of sp³-hybridized carbons (Fsp3) is 0.240. The molecule has 2 aromatic carbocycles. The Hall–Kier alpha value is -3.36. The van der Waals surface area contributed by atoms with Gasteiger partial charge in [0.25, 0.3) is 5.56 Å². The summed E-state index contributed by atoms with van der Waals surface area (Å²) in [5.74, 6) is -0.333. The third-order valence-electron chi connectivity index (χ3n) is 6.48. The minimum Gasteiger partial charge on any atom is -0.349 e. The first-order chi connectivity index (χ1) is 17.1. The summed E-state index contributed by atoms with van der Waals surface area (Å²) in [7, 11) is -2.89. The molecule has 1 aliphatic rings. The first-order valence-electron chi connectivity index (χ1n) is 11.3. The summed E-state index contributed by atoms with van der Waals surface area (Å²) in [6.07, 6.45) is -2.58. The Kier molecular flexibility index (Phi) is 6.26. The number of hydrogen-bond acceptors (Lipinski definition) is 5. The van der Waals surface area contributed by atoms with Crippen molar-refractivity contribution in [2.24, 2.45) is 0 Å². The van der Waals surface area contributed by atoms with E-state index in [1.165, 1.54) is 6.07 Å². The minimum atomic E-state index is -4.48. The van der Waals surface area contributed by atoms with E-state index >= 15 is 0 Å². The third kappa shape index (κ3) is 4.70. The van der Waals surface area contributed by atoms with Crippen LogP contribution in [0.5, 0.6) is 0 Å².